The summed E-state index contributed by atoms with van der Waals surface area (Å²) in [7, 11) is 8.14. The summed E-state index contributed by atoms with van der Waals surface area (Å²) in [6.07, 6.45) is 7.55. The zero-order valence-corrected chi connectivity index (χ0v) is 20.0. The Balaban J connectivity index is 1.57. The van der Waals surface area contributed by atoms with E-state index in [0.29, 0.717) is 0 Å². The molecule has 0 spiro atoms. The number of benzene rings is 2. The van der Waals surface area contributed by atoms with Crippen LogP contribution in [0.1, 0.15) is 34.2 Å². The molecule has 33 heavy (non-hydrogen) atoms. The van der Waals surface area contributed by atoms with Crippen molar-refractivity contribution in [3.05, 3.63) is 77.2 Å². The first-order valence-corrected chi connectivity index (χ1v) is 11.3. The van der Waals surface area contributed by atoms with Gasteiger partial charge in [0.15, 0.2) is 11.7 Å². The Morgan fingerprint density at radius 1 is 0.909 bits per heavy atom. The molecule has 0 saturated heterocycles. The summed E-state index contributed by atoms with van der Waals surface area (Å²) in [5.41, 5.74) is 6.37. The first kappa shape index (κ1) is 22.5. The molecule has 170 valence electrons. The lowest BCUT2D eigenvalue weighted by molar-refractivity contribution is -0.553. The van der Waals surface area contributed by atoms with Crippen LogP contribution in [0.5, 0.6) is 0 Å². The highest BCUT2D eigenvalue weighted by molar-refractivity contribution is 5.84. The second kappa shape index (κ2) is 9.45. The zero-order chi connectivity index (χ0) is 23.5. The van der Waals surface area contributed by atoms with Crippen LogP contribution in [0.15, 0.2) is 54.7 Å². The van der Waals surface area contributed by atoms with E-state index < -0.39 is 0 Å². The average molecular weight is 443 g/mol. The van der Waals surface area contributed by atoms with E-state index in [9.17, 15) is 4.79 Å². The SMILES string of the molecule is CC1Nc2c(/C=C/c3ccc(N(C)C)cc3)nc(CCc3ccc(N(C)C)cc3)c[n+]2C1=O. The van der Waals surface area contributed by atoms with Crippen molar-refractivity contribution in [2.24, 2.45) is 0 Å². The van der Waals surface area contributed by atoms with Crippen LogP contribution in [0.2, 0.25) is 0 Å². The number of anilines is 3. The van der Waals surface area contributed by atoms with Crippen LogP contribution < -0.4 is 19.7 Å². The van der Waals surface area contributed by atoms with Crippen LogP contribution in [0.3, 0.4) is 0 Å². The van der Waals surface area contributed by atoms with Crippen LogP contribution in [0.4, 0.5) is 17.2 Å². The Hall–Kier alpha value is -3.67. The number of hydrogen-bond donors (Lipinski definition) is 1. The fourth-order valence-electron chi connectivity index (χ4n) is 3.89. The first-order chi connectivity index (χ1) is 15.8. The van der Waals surface area contributed by atoms with Crippen LogP contribution in [0, 0.1) is 0 Å². The number of carbonyl (C=O) groups excluding carboxylic acids is 1. The van der Waals surface area contributed by atoms with E-state index in [1.165, 1.54) is 11.3 Å². The van der Waals surface area contributed by atoms with E-state index >= 15 is 0 Å². The smallest absolute Gasteiger partial charge is 0.358 e. The molecule has 1 aliphatic heterocycles. The van der Waals surface area contributed by atoms with Gasteiger partial charge in [-0.15, -0.1) is 0 Å². The second-order valence-electron chi connectivity index (χ2n) is 8.92. The third kappa shape index (κ3) is 5.06. The first-order valence-electron chi connectivity index (χ1n) is 11.3. The number of rotatable bonds is 7. The molecule has 6 heteroatoms. The van der Waals surface area contributed by atoms with Gasteiger partial charge in [-0.1, -0.05) is 30.3 Å². The quantitative estimate of drug-likeness (QED) is 0.562. The van der Waals surface area contributed by atoms with Crippen molar-refractivity contribution < 1.29 is 9.36 Å². The zero-order valence-electron chi connectivity index (χ0n) is 20.0. The molecule has 1 N–H and O–H groups in total. The number of hydrogen-bond acceptors (Lipinski definition) is 5. The number of aryl methyl sites for hydroxylation is 2. The minimum absolute atomic E-state index is 0.0500. The summed E-state index contributed by atoms with van der Waals surface area (Å²) in [6.45, 7) is 1.88. The molecule has 4 rings (SSSR count). The molecule has 2 aromatic carbocycles. The molecule has 0 bridgehead atoms. The lowest BCUT2D eigenvalue weighted by atomic mass is 10.1. The summed E-state index contributed by atoms with van der Waals surface area (Å²) < 4.78 is 1.72. The van der Waals surface area contributed by atoms with Crippen molar-refractivity contribution in [1.29, 1.82) is 0 Å². The lowest BCUT2D eigenvalue weighted by Crippen LogP contribution is -2.42. The molecule has 0 amide bonds. The average Bonchev–Trinajstić information content (AvgIpc) is 3.10. The normalized spacial score (nSPS) is 14.9. The third-order valence-corrected chi connectivity index (χ3v) is 5.95. The van der Waals surface area contributed by atoms with Crippen molar-refractivity contribution in [2.75, 3.05) is 43.3 Å². The molecule has 0 aliphatic carbocycles. The molecular formula is C27H32N5O+. The van der Waals surface area contributed by atoms with Crippen LogP contribution >= 0.6 is 0 Å². The van der Waals surface area contributed by atoms with Gasteiger partial charge in [-0.25, -0.2) is 9.78 Å². The van der Waals surface area contributed by atoms with Crippen molar-refractivity contribution in [3.63, 3.8) is 0 Å². The van der Waals surface area contributed by atoms with Gasteiger partial charge < -0.3 is 9.80 Å². The van der Waals surface area contributed by atoms with Crippen molar-refractivity contribution >= 4 is 35.3 Å². The predicted octanol–water partition coefficient (Wildman–Crippen LogP) is 3.91. The van der Waals surface area contributed by atoms with Gasteiger partial charge >= 0.3 is 11.7 Å². The van der Waals surface area contributed by atoms with Crippen LogP contribution in [-0.2, 0) is 12.8 Å². The van der Waals surface area contributed by atoms with E-state index in [2.05, 4.69) is 63.6 Å². The summed E-state index contributed by atoms with van der Waals surface area (Å²) in [5, 5.41) is 3.28. The molecule has 0 fully saturated rings. The Morgan fingerprint density at radius 2 is 1.52 bits per heavy atom. The summed E-state index contributed by atoms with van der Waals surface area (Å²) in [4.78, 5) is 21.8. The van der Waals surface area contributed by atoms with Gasteiger partial charge in [0.25, 0.3) is 0 Å². The standard InChI is InChI=1S/C27H31N5O/c1-19-27(33)32-18-22(12-6-20-7-13-23(14-8-20)30(2)3)29-25(26(32)28-19)17-11-21-9-15-24(16-10-21)31(4)5/h7-11,13-19H,6,12H2,1-5H3/p+1/b17-11+. The molecule has 1 atom stereocenters. The molecule has 1 unspecified atom stereocenters. The highest BCUT2D eigenvalue weighted by Crippen LogP contribution is 2.21. The number of carbonyl (C=O) groups is 1. The minimum atomic E-state index is -0.257. The van der Waals surface area contributed by atoms with Gasteiger partial charge in [-0.05, 0) is 61.2 Å². The molecule has 3 aromatic rings. The number of aromatic nitrogens is 2. The van der Waals surface area contributed by atoms with E-state index in [1.807, 2.05) is 53.5 Å². The lowest BCUT2D eigenvalue weighted by Gasteiger charge is -2.12. The maximum atomic E-state index is 12.7. The van der Waals surface area contributed by atoms with Crippen molar-refractivity contribution in [2.45, 2.75) is 25.8 Å². The highest BCUT2D eigenvalue weighted by atomic mass is 16.2. The van der Waals surface area contributed by atoms with Gasteiger partial charge in [0, 0.05) is 39.6 Å². The molecule has 0 radical (unpaired) electrons. The van der Waals surface area contributed by atoms with Gasteiger partial charge in [-0.3, -0.25) is 5.32 Å². The minimum Gasteiger partial charge on any atom is -0.378 e. The molecule has 1 aromatic heterocycles. The maximum absolute atomic E-state index is 12.7. The van der Waals surface area contributed by atoms with Crippen molar-refractivity contribution in [3.8, 4) is 0 Å². The van der Waals surface area contributed by atoms with E-state index in [1.54, 1.807) is 4.57 Å². The van der Waals surface area contributed by atoms with Crippen LogP contribution in [0.25, 0.3) is 12.2 Å². The summed E-state index contributed by atoms with van der Waals surface area (Å²) >= 11 is 0. The second-order valence-corrected chi connectivity index (χ2v) is 8.92. The van der Waals surface area contributed by atoms with Crippen LogP contribution in [-0.4, -0.2) is 45.1 Å². The monoisotopic (exact) mass is 442 g/mol. The Labute approximate surface area is 196 Å². The molecule has 6 nitrogen and oxygen atoms in total. The molecular weight excluding hydrogens is 410 g/mol. The Kier molecular flexibility index (Phi) is 6.45. The van der Waals surface area contributed by atoms with Gasteiger partial charge in [-0.2, -0.15) is 4.57 Å². The molecule has 1 aliphatic rings. The highest BCUT2D eigenvalue weighted by Gasteiger charge is 2.37. The summed E-state index contributed by atoms with van der Waals surface area (Å²) in [6, 6.07) is 16.7. The van der Waals surface area contributed by atoms with E-state index in [0.717, 1.165) is 41.3 Å². The third-order valence-electron chi connectivity index (χ3n) is 5.95. The summed E-state index contributed by atoms with van der Waals surface area (Å²) in [5.74, 6) is 0.807. The maximum Gasteiger partial charge on any atom is 0.358 e. The Bertz CT molecular complexity index is 1160. The van der Waals surface area contributed by atoms with Gasteiger partial charge in [0.1, 0.15) is 6.20 Å². The number of nitrogens with zero attached hydrogens (tertiary/aromatic N) is 4. The number of nitrogens with one attached hydrogen (secondary N) is 1. The van der Waals surface area contributed by atoms with Gasteiger partial charge in [0.05, 0.1) is 5.69 Å². The van der Waals surface area contributed by atoms with Crippen molar-refractivity contribution in [1.82, 2.24) is 4.98 Å². The fourth-order valence-corrected chi connectivity index (χ4v) is 3.89. The number of fused-ring (bicyclic) bond motifs is 1. The topological polar surface area (TPSA) is 52.4 Å². The largest absolute Gasteiger partial charge is 0.378 e. The van der Waals surface area contributed by atoms with Gasteiger partial charge in [0.2, 0.25) is 0 Å². The van der Waals surface area contributed by atoms with E-state index in [-0.39, 0.29) is 11.9 Å². The van der Waals surface area contributed by atoms with E-state index in [4.69, 9.17) is 4.98 Å². The molecule has 0 saturated carbocycles. The predicted molar refractivity (Wildman–Crippen MR) is 136 cm³/mol. The fraction of sp³-hybridized carbons (Fsp3) is 0.296. The molecule has 2 heterocycles. The Morgan fingerprint density at radius 3 is 2.12 bits per heavy atom.